The van der Waals surface area contributed by atoms with E-state index in [9.17, 15) is 19.5 Å². The number of carbonyl (C=O) groups excluding carboxylic acids is 3. The molecule has 1 fully saturated rings. The number of amides is 2. The van der Waals surface area contributed by atoms with Crippen molar-refractivity contribution >= 4 is 28.9 Å². The average Bonchev–Trinajstić information content (AvgIpc) is 3.35. The molecule has 1 aliphatic rings. The number of carbonyl (C=O) groups is 3. The number of aliphatic hydroxyl groups is 1. The molecular formula is C23H29N3O4S. The van der Waals surface area contributed by atoms with Crippen LogP contribution < -0.4 is 5.32 Å². The molecule has 1 saturated heterocycles. The summed E-state index contributed by atoms with van der Waals surface area (Å²) in [6.45, 7) is 5.27. The maximum absolute atomic E-state index is 12.9. The molecule has 1 aromatic heterocycles. The Balaban J connectivity index is 1.62. The van der Waals surface area contributed by atoms with E-state index in [0.717, 1.165) is 21.7 Å². The number of rotatable bonds is 8. The van der Waals surface area contributed by atoms with Gasteiger partial charge in [-0.2, -0.15) is 0 Å². The Morgan fingerprint density at radius 3 is 2.58 bits per heavy atom. The molecule has 1 aromatic carbocycles. The smallest absolute Gasteiger partial charge is 0.245 e. The Hall–Kier alpha value is -2.58. The molecule has 166 valence electrons. The zero-order valence-corrected chi connectivity index (χ0v) is 18.9. The minimum Gasteiger partial charge on any atom is -0.391 e. The third kappa shape index (κ3) is 5.57. The number of hydrogen-bond donors (Lipinski definition) is 2. The lowest BCUT2D eigenvalue weighted by atomic mass is 10.00. The first-order valence-electron chi connectivity index (χ1n) is 10.6. The number of aliphatic hydroxyl groups excluding tert-OH is 1. The standard InChI is InChI=1S/C23H29N3O4S/c1-4-19(25-15(3)27)23(30)26-12-18(28)11-20(26)21(29)10-7-16-5-8-17(9-6-16)22-14(2)24-13-31-22/h5-6,8-9,13,18-20,28H,4,7,10-12H2,1-3H3,(H,25,27)/t18-,19+,20+/m1/s1. The molecule has 0 bridgehead atoms. The molecule has 2 amide bonds. The highest BCUT2D eigenvalue weighted by Crippen LogP contribution is 2.28. The molecule has 3 rings (SSSR count). The molecule has 2 heterocycles. The Bertz CT molecular complexity index is 941. The molecule has 0 unspecified atom stereocenters. The van der Waals surface area contributed by atoms with Gasteiger partial charge in [-0.15, -0.1) is 11.3 Å². The summed E-state index contributed by atoms with van der Waals surface area (Å²) in [4.78, 5) is 44.0. The quantitative estimate of drug-likeness (QED) is 0.653. The van der Waals surface area contributed by atoms with Crippen LogP contribution in [0.1, 0.15) is 44.4 Å². The van der Waals surface area contributed by atoms with Gasteiger partial charge in [-0.25, -0.2) is 4.98 Å². The molecule has 2 N–H and O–H groups in total. The number of aromatic nitrogens is 1. The number of β-amino-alcohol motifs (C(OH)–C–C–N with tert-alkyl or cyclic N) is 1. The zero-order chi connectivity index (χ0) is 22.5. The summed E-state index contributed by atoms with van der Waals surface area (Å²) in [7, 11) is 0. The molecule has 3 atom stereocenters. The Kier molecular flexibility index (Phi) is 7.56. The molecule has 7 nitrogen and oxygen atoms in total. The number of Topliss-reactive ketones (excluding diaryl/α,β-unsaturated/α-hetero) is 1. The second kappa shape index (κ2) is 10.2. The number of nitrogens with zero attached hydrogens (tertiary/aromatic N) is 2. The first kappa shape index (κ1) is 23.1. The molecule has 0 saturated carbocycles. The van der Waals surface area contributed by atoms with Crippen LogP contribution in [0.4, 0.5) is 0 Å². The van der Waals surface area contributed by atoms with E-state index in [1.54, 1.807) is 18.3 Å². The Labute approximate surface area is 186 Å². The van der Waals surface area contributed by atoms with E-state index >= 15 is 0 Å². The van der Waals surface area contributed by atoms with Gasteiger partial charge in [0.1, 0.15) is 6.04 Å². The maximum atomic E-state index is 12.9. The van der Waals surface area contributed by atoms with Crippen LogP contribution in [0.5, 0.6) is 0 Å². The van der Waals surface area contributed by atoms with Crippen molar-refractivity contribution in [3.05, 3.63) is 41.0 Å². The summed E-state index contributed by atoms with van der Waals surface area (Å²) in [6, 6.07) is 6.77. The van der Waals surface area contributed by atoms with Crippen LogP contribution in [0.15, 0.2) is 29.8 Å². The third-order valence-corrected chi connectivity index (χ3v) is 6.62. The van der Waals surface area contributed by atoms with Crippen LogP contribution in [0, 0.1) is 6.92 Å². The van der Waals surface area contributed by atoms with Gasteiger partial charge >= 0.3 is 0 Å². The van der Waals surface area contributed by atoms with Crippen molar-refractivity contribution in [2.24, 2.45) is 0 Å². The topological polar surface area (TPSA) is 99.6 Å². The summed E-state index contributed by atoms with van der Waals surface area (Å²) in [5.74, 6) is -0.665. The molecule has 0 aliphatic carbocycles. The normalized spacial score (nSPS) is 19.3. The van der Waals surface area contributed by atoms with Gasteiger partial charge < -0.3 is 15.3 Å². The summed E-state index contributed by atoms with van der Waals surface area (Å²) in [5.41, 5.74) is 4.98. The maximum Gasteiger partial charge on any atom is 0.245 e. The van der Waals surface area contributed by atoms with E-state index in [0.29, 0.717) is 12.8 Å². The van der Waals surface area contributed by atoms with Gasteiger partial charge in [0.15, 0.2) is 5.78 Å². The van der Waals surface area contributed by atoms with E-state index in [1.807, 2.05) is 36.7 Å². The number of ketones is 1. The first-order chi connectivity index (χ1) is 14.8. The number of likely N-dealkylation sites (tertiary alicyclic amines) is 1. The van der Waals surface area contributed by atoms with Crippen LogP contribution in [-0.2, 0) is 20.8 Å². The number of aryl methyl sites for hydroxylation is 2. The van der Waals surface area contributed by atoms with E-state index < -0.39 is 18.2 Å². The van der Waals surface area contributed by atoms with Gasteiger partial charge in [-0.05, 0) is 30.9 Å². The fourth-order valence-corrected chi connectivity index (χ4v) is 4.79. The van der Waals surface area contributed by atoms with Gasteiger partial charge in [0.25, 0.3) is 0 Å². The van der Waals surface area contributed by atoms with Gasteiger partial charge in [0.2, 0.25) is 11.8 Å². The van der Waals surface area contributed by atoms with Gasteiger partial charge in [0.05, 0.1) is 28.2 Å². The molecule has 8 heteroatoms. The highest BCUT2D eigenvalue weighted by atomic mass is 32.1. The van der Waals surface area contributed by atoms with Crippen LogP contribution in [0.2, 0.25) is 0 Å². The van der Waals surface area contributed by atoms with E-state index in [1.165, 1.54) is 11.8 Å². The number of thiazole rings is 1. The SMILES string of the molecule is CC[C@H](NC(C)=O)C(=O)N1C[C@H](O)C[C@H]1C(=O)CCc1ccc(-c2scnc2C)cc1. The summed E-state index contributed by atoms with van der Waals surface area (Å²) >= 11 is 1.60. The molecule has 0 radical (unpaired) electrons. The fraction of sp³-hybridized carbons (Fsp3) is 0.478. The number of nitrogens with one attached hydrogen (secondary N) is 1. The highest BCUT2D eigenvalue weighted by Gasteiger charge is 2.40. The molecule has 2 aromatic rings. The lowest BCUT2D eigenvalue weighted by Gasteiger charge is -2.27. The van der Waals surface area contributed by atoms with E-state index in [-0.39, 0.29) is 37.0 Å². The monoisotopic (exact) mass is 443 g/mol. The predicted octanol–water partition coefficient (Wildman–Crippen LogP) is 2.50. The van der Waals surface area contributed by atoms with Crippen LogP contribution in [-0.4, -0.2) is 57.3 Å². The van der Waals surface area contributed by atoms with Crippen LogP contribution >= 0.6 is 11.3 Å². The first-order valence-corrected chi connectivity index (χ1v) is 11.5. The third-order valence-electron chi connectivity index (χ3n) is 5.64. The van der Waals surface area contributed by atoms with Crippen molar-refractivity contribution in [1.29, 1.82) is 0 Å². The zero-order valence-electron chi connectivity index (χ0n) is 18.1. The Morgan fingerprint density at radius 2 is 2.00 bits per heavy atom. The highest BCUT2D eigenvalue weighted by molar-refractivity contribution is 7.13. The second-order valence-electron chi connectivity index (χ2n) is 7.99. The average molecular weight is 444 g/mol. The van der Waals surface area contributed by atoms with Crippen molar-refractivity contribution in [2.75, 3.05) is 6.54 Å². The lowest BCUT2D eigenvalue weighted by molar-refractivity contribution is -0.140. The van der Waals surface area contributed by atoms with Crippen molar-refractivity contribution in [1.82, 2.24) is 15.2 Å². The van der Waals surface area contributed by atoms with E-state index in [2.05, 4.69) is 10.3 Å². The lowest BCUT2D eigenvalue weighted by Crippen LogP contribution is -2.51. The summed E-state index contributed by atoms with van der Waals surface area (Å²) in [6.07, 6.45) is 0.798. The molecule has 0 spiro atoms. The van der Waals surface area contributed by atoms with Crippen molar-refractivity contribution < 1.29 is 19.5 Å². The van der Waals surface area contributed by atoms with Gasteiger partial charge in [-0.3, -0.25) is 14.4 Å². The minimum atomic E-state index is -0.727. The number of hydrogen-bond acceptors (Lipinski definition) is 6. The van der Waals surface area contributed by atoms with Gasteiger partial charge in [0, 0.05) is 26.3 Å². The summed E-state index contributed by atoms with van der Waals surface area (Å²) < 4.78 is 0. The van der Waals surface area contributed by atoms with Crippen molar-refractivity contribution in [3.63, 3.8) is 0 Å². The van der Waals surface area contributed by atoms with E-state index in [4.69, 9.17) is 0 Å². The molecule has 1 aliphatic heterocycles. The number of benzene rings is 1. The predicted molar refractivity (Wildman–Crippen MR) is 120 cm³/mol. The van der Waals surface area contributed by atoms with Gasteiger partial charge in [-0.1, -0.05) is 31.2 Å². The molecule has 31 heavy (non-hydrogen) atoms. The Morgan fingerprint density at radius 1 is 1.29 bits per heavy atom. The fourth-order valence-electron chi connectivity index (χ4n) is 3.98. The minimum absolute atomic E-state index is 0.0649. The molecular weight excluding hydrogens is 414 g/mol. The second-order valence-corrected chi connectivity index (χ2v) is 8.84. The van der Waals surface area contributed by atoms with Crippen molar-refractivity contribution in [2.45, 2.75) is 64.6 Å². The van der Waals surface area contributed by atoms with Crippen LogP contribution in [0.25, 0.3) is 10.4 Å². The largest absolute Gasteiger partial charge is 0.391 e. The van der Waals surface area contributed by atoms with Crippen LogP contribution in [0.3, 0.4) is 0 Å². The van der Waals surface area contributed by atoms with Crippen molar-refractivity contribution in [3.8, 4) is 10.4 Å². The summed E-state index contributed by atoms with van der Waals surface area (Å²) in [5, 5.41) is 12.7.